The number of H-pyrrole nitrogens is 1. The second-order valence-electron chi connectivity index (χ2n) is 4.21. The van der Waals surface area contributed by atoms with Crippen molar-refractivity contribution in [2.45, 2.75) is 6.54 Å². The van der Waals surface area contributed by atoms with Crippen LogP contribution in [-0.4, -0.2) is 15.2 Å². The molecule has 0 fully saturated rings. The van der Waals surface area contributed by atoms with Crippen LogP contribution in [0.4, 0.5) is 5.69 Å². The monoisotopic (exact) mass is 315 g/mol. The van der Waals surface area contributed by atoms with Gasteiger partial charge in [0.15, 0.2) is 5.82 Å². The summed E-state index contributed by atoms with van der Waals surface area (Å²) in [6, 6.07) is 11.2. The topological polar surface area (TPSA) is 77.4 Å². The van der Waals surface area contributed by atoms with Gasteiger partial charge in [-0.1, -0.05) is 23.7 Å². The van der Waals surface area contributed by atoms with E-state index in [2.05, 4.69) is 26.6 Å². The van der Waals surface area contributed by atoms with Gasteiger partial charge in [-0.25, -0.2) is 4.98 Å². The Labute approximate surface area is 130 Å². The van der Waals surface area contributed by atoms with Crippen molar-refractivity contribution in [3.05, 3.63) is 52.1 Å². The van der Waals surface area contributed by atoms with Crippen LogP contribution in [0, 0.1) is 11.3 Å². The Balaban J connectivity index is 1.76. The van der Waals surface area contributed by atoms with Crippen molar-refractivity contribution in [2.24, 2.45) is 0 Å². The van der Waals surface area contributed by atoms with Crippen LogP contribution in [-0.2, 0) is 6.54 Å². The number of thiophene rings is 1. The largest absolute Gasteiger partial charge is 0.375 e. The summed E-state index contributed by atoms with van der Waals surface area (Å²) in [5, 5.41) is 21.7. The highest BCUT2D eigenvalue weighted by Crippen LogP contribution is 2.26. The highest BCUT2D eigenvalue weighted by atomic mass is 35.5. The Kier molecular flexibility index (Phi) is 3.86. The van der Waals surface area contributed by atoms with Crippen LogP contribution in [0.25, 0.3) is 10.7 Å². The number of anilines is 1. The first-order valence-electron chi connectivity index (χ1n) is 6.15. The molecule has 3 rings (SSSR count). The number of hydrogen-bond acceptors (Lipinski definition) is 5. The number of aromatic nitrogens is 3. The molecule has 0 saturated carbocycles. The molecular formula is C14H10ClN5S. The number of hydrogen-bond donors (Lipinski definition) is 2. The third-order valence-corrected chi connectivity index (χ3v) is 4.02. The molecule has 0 aliphatic carbocycles. The number of nitrogens with one attached hydrogen (secondary N) is 2. The molecule has 1 aromatic carbocycles. The molecule has 2 aromatic heterocycles. The molecule has 0 spiro atoms. The second kappa shape index (κ2) is 5.95. The minimum Gasteiger partial charge on any atom is -0.375 e. The summed E-state index contributed by atoms with van der Waals surface area (Å²) in [5.74, 6) is 1.35. The van der Waals surface area contributed by atoms with Crippen LogP contribution in [0.1, 0.15) is 11.4 Å². The summed E-state index contributed by atoms with van der Waals surface area (Å²) in [7, 11) is 0. The van der Waals surface area contributed by atoms with E-state index in [0.29, 0.717) is 34.5 Å². The fourth-order valence-electron chi connectivity index (χ4n) is 1.86. The third-order valence-electron chi connectivity index (χ3n) is 2.84. The molecule has 7 heteroatoms. The van der Waals surface area contributed by atoms with Crippen molar-refractivity contribution in [2.75, 3.05) is 5.32 Å². The van der Waals surface area contributed by atoms with E-state index in [1.54, 1.807) is 29.5 Å². The SMILES string of the molecule is N#Cc1cccc(Cl)c1NCc1nc(-c2cccs2)n[nH]1. The molecule has 0 unspecified atom stereocenters. The number of para-hydroxylation sites is 1. The van der Waals surface area contributed by atoms with E-state index in [1.807, 2.05) is 17.5 Å². The van der Waals surface area contributed by atoms with Gasteiger partial charge in [0, 0.05) is 0 Å². The van der Waals surface area contributed by atoms with Gasteiger partial charge in [-0.15, -0.1) is 11.3 Å². The summed E-state index contributed by atoms with van der Waals surface area (Å²) in [6.45, 7) is 0.413. The van der Waals surface area contributed by atoms with Gasteiger partial charge >= 0.3 is 0 Å². The Morgan fingerprint density at radius 2 is 2.24 bits per heavy atom. The van der Waals surface area contributed by atoms with Crippen molar-refractivity contribution in [1.29, 1.82) is 5.26 Å². The van der Waals surface area contributed by atoms with Crippen molar-refractivity contribution < 1.29 is 0 Å². The van der Waals surface area contributed by atoms with Crippen LogP contribution in [0.2, 0.25) is 5.02 Å². The van der Waals surface area contributed by atoms with E-state index in [-0.39, 0.29) is 0 Å². The lowest BCUT2D eigenvalue weighted by atomic mass is 10.2. The van der Waals surface area contributed by atoms with Crippen LogP contribution < -0.4 is 5.32 Å². The summed E-state index contributed by atoms with van der Waals surface area (Å²) in [4.78, 5) is 5.42. The molecule has 0 aliphatic rings. The Hall–Kier alpha value is -2.36. The van der Waals surface area contributed by atoms with E-state index >= 15 is 0 Å². The maximum atomic E-state index is 9.09. The van der Waals surface area contributed by atoms with Gasteiger partial charge in [0.25, 0.3) is 0 Å². The number of nitriles is 1. The Bertz CT molecular complexity index is 788. The van der Waals surface area contributed by atoms with Gasteiger partial charge in [0.2, 0.25) is 0 Å². The Morgan fingerprint density at radius 3 is 3.00 bits per heavy atom. The van der Waals surface area contributed by atoms with E-state index < -0.39 is 0 Å². The summed E-state index contributed by atoms with van der Waals surface area (Å²) >= 11 is 7.69. The highest BCUT2D eigenvalue weighted by molar-refractivity contribution is 7.13. The van der Waals surface area contributed by atoms with Gasteiger partial charge in [-0.2, -0.15) is 10.4 Å². The zero-order valence-electron chi connectivity index (χ0n) is 10.8. The lowest BCUT2D eigenvalue weighted by Crippen LogP contribution is -2.03. The van der Waals surface area contributed by atoms with Gasteiger partial charge in [-0.05, 0) is 23.6 Å². The fraction of sp³-hybridized carbons (Fsp3) is 0.0714. The predicted molar refractivity (Wildman–Crippen MR) is 83.2 cm³/mol. The van der Waals surface area contributed by atoms with E-state index in [9.17, 15) is 0 Å². The number of benzene rings is 1. The molecule has 0 saturated heterocycles. The fourth-order valence-corrected chi connectivity index (χ4v) is 2.76. The summed E-state index contributed by atoms with van der Waals surface area (Å²) in [6.07, 6.45) is 0. The minimum absolute atomic E-state index is 0.413. The summed E-state index contributed by atoms with van der Waals surface area (Å²) < 4.78 is 0. The van der Waals surface area contributed by atoms with E-state index in [0.717, 1.165) is 4.88 Å². The van der Waals surface area contributed by atoms with Crippen molar-refractivity contribution in [3.8, 4) is 16.8 Å². The number of nitrogens with zero attached hydrogens (tertiary/aromatic N) is 3. The zero-order chi connectivity index (χ0) is 14.7. The normalized spacial score (nSPS) is 10.3. The second-order valence-corrected chi connectivity index (χ2v) is 5.57. The Morgan fingerprint density at radius 1 is 1.33 bits per heavy atom. The molecule has 5 nitrogen and oxygen atoms in total. The number of halogens is 1. The lowest BCUT2D eigenvalue weighted by Gasteiger charge is -2.08. The predicted octanol–water partition coefficient (Wildman–Crippen LogP) is 3.67. The molecule has 0 amide bonds. The van der Waals surface area contributed by atoms with E-state index in [1.165, 1.54) is 0 Å². The van der Waals surface area contributed by atoms with Gasteiger partial charge < -0.3 is 5.32 Å². The van der Waals surface area contributed by atoms with Gasteiger partial charge in [0.1, 0.15) is 11.9 Å². The van der Waals surface area contributed by atoms with E-state index in [4.69, 9.17) is 16.9 Å². The first-order chi connectivity index (χ1) is 10.3. The van der Waals surface area contributed by atoms with Gasteiger partial charge in [-0.3, -0.25) is 5.10 Å². The number of rotatable bonds is 4. The first kappa shape index (κ1) is 13.6. The average molecular weight is 316 g/mol. The molecule has 2 N–H and O–H groups in total. The molecule has 104 valence electrons. The smallest absolute Gasteiger partial charge is 0.191 e. The first-order valence-corrected chi connectivity index (χ1v) is 7.41. The minimum atomic E-state index is 0.413. The van der Waals surface area contributed by atoms with Crippen LogP contribution in [0.3, 0.4) is 0 Å². The molecule has 0 atom stereocenters. The van der Waals surface area contributed by atoms with Crippen LogP contribution in [0.15, 0.2) is 35.7 Å². The van der Waals surface area contributed by atoms with Crippen molar-refractivity contribution in [3.63, 3.8) is 0 Å². The number of aromatic amines is 1. The lowest BCUT2D eigenvalue weighted by molar-refractivity contribution is 0.954. The molecule has 0 bridgehead atoms. The quantitative estimate of drug-likeness (QED) is 0.770. The molecule has 3 aromatic rings. The molecule has 0 aliphatic heterocycles. The highest BCUT2D eigenvalue weighted by Gasteiger charge is 2.09. The summed E-state index contributed by atoms with van der Waals surface area (Å²) in [5.41, 5.74) is 1.11. The van der Waals surface area contributed by atoms with Crippen molar-refractivity contribution in [1.82, 2.24) is 15.2 Å². The van der Waals surface area contributed by atoms with Crippen LogP contribution in [0.5, 0.6) is 0 Å². The molecule has 2 heterocycles. The average Bonchev–Trinajstić information content (AvgIpc) is 3.16. The van der Waals surface area contributed by atoms with Crippen LogP contribution >= 0.6 is 22.9 Å². The third kappa shape index (κ3) is 2.89. The molecular weight excluding hydrogens is 306 g/mol. The van der Waals surface area contributed by atoms with Crippen molar-refractivity contribution >= 4 is 28.6 Å². The maximum Gasteiger partial charge on any atom is 0.191 e. The zero-order valence-corrected chi connectivity index (χ0v) is 12.4. The molecule has 0 radical (unpaired) electrons. The maximum absolute atomic E-state index is 9.09. The standard InChI is InChI=1S/C14H10ClN5S/c15-10-4-1-3-9(7-16)13(10)17-8-12-18-14(20-19-12)11-5-2-6-21-11/h1-6,17H,8H2,(H,18,19,20). The van der Waals surface area contributed by atoms with Gasteiger partial charge in [0.05, 0.1) is 27.7 Å². The molecule has 21 heavy (non-hydrogen) atoms.